The van der Waals surface area contributed by atoms with E-state index in [1.807, 2.05) is 56.3 Å². The number of hydrogen-bond acceptors (Lipinski definition) is 6. The fourth-order valence-electron chi connectivity index (χ4n) is 3.85. The Morgan fingerprint density at radius 3 is 2.49 bits per heavy atom. The Morgan fingerprint density at radius 2 is 1.80 bits per heavy atom. The molecule has 0 aliphatic carbocycles. The first-order chi connectivity index (χ1) is 16.5. The zero-order valence-electron chi connectivity index (χ0n) is 20.3. The summed E-state index contributed by atoms with van der Waals surface area (Å²) in [6, 6.07) is 17.7. The lowest BCUT2D eigenvalue weighted by molar-refractivity contribution is 0.00640. The number of halogens is 1. The number of carbonyl (C=O) groups excluding carboxylic acids is 1. The molecule has 4 rings (SSSR count). The first kappa shape index (κ1) is 24.5. The van der Waals surface area contributed by atoms with Crippen LogP contribution in [0, 0.1) is 6.92 Å². The third-order valence-electron chi connectivity index (χ3n) is 5.35. The molecule has 1 atom stereocenters. The average molecular weight is 491 g/mol. The second-order valence-electron chi connectivity index (χ2n) is 9.47. The van der Waals surface area contributed by atoms with E-state index in [9.17, 15) is 9.59 Å². The van der Waals surface area contributed by atoms with Gasteiger partial charge in [-0.15, -0.1) is 0 Å². The summed E-state index contributed by atoms with van der Waals surface area (Å²) in [4.78, 5) is 30.0. The molecular formula is C28H27ClN2O4. The van der Waals surface area contributed by atoms with Crippen molar-refractivity contribution in [3.05, 3.63) is 92.9 Å². The number of nitrogens with one attached hydrogen (secondary N) is 1. The van der Waals surface area contributed by atoms with E-state index >= 15 is 0 Å². The summed E-state index contributed by atoms with van der Waals surface area (Å²) < 4.78 is 11.8. The van der Waals surface area contributed by atoms with E-state index in [4.69, 9.17) is 20.8 Å². The van der Waals surface area contributed by atoms with Crippen molar-refractivity contribution in [1.82, 2.24) is 4.98 Å². The summed E-state index contributed by atoms with van der Waals surface area (Å²) in [5.74, 6) is -0.0929. The van der Waals surface area contributed by atoms with Gasteiger partial charge in [0.25, 0.3) is 0 Å². The third-order valence-corrected chi connectivity index (χ3v) is 5.56. The minimum absolute atomic E-state index is 0.0858. The van der Waals surface area contributed by atoms with E-state index in [0.29, 0.717) is 22.4 Å². The van der Waals surface area contributed by atoms with Crippen LogP contribution in [0.5, 0.6) is 0 Å². The van der Waals surface area contributed by atoms with Gasteiger partial charge in [0.05, 0.1) is 17.1 Å². The second-order valence-corrected chi connectivity index (χ2v) is 9.86. The van der Waals surface area contributed by atoms with E-state index in [1.54, 1.807) is 32.9 Å². The molecule has 2 heterocycles. The molecule has 0 fully saturated rings. The fraction of sp³-hybridized carbons (Fsp3) is 0.250. The van der Waals surface area contributed by atoms with Crippen LogP contribution < -0.4 is 10.7 Å². The van der Waals surface area contributed by atoms with E-state index < -0.39 is 11.6 Å². The number of fused-ring (bicyclic) bond motifs is 1. The number of hydrogen-bond donors (Lipinski definition) is 1. The SMILES string of the molecule is Cc1cc(C(C)Nc2ccc(Cl)nc2C(=O)OC(C)(C)C)c2oc(-c3ccccc3)cc(=O)c2c1. The highest BCUT2D eigenvalue weighted by Crippen LogP contribution is 2.31. The molecule has 0 spiro atoms. The van der Waals surface area contributed by atoms with Crippen LogP contribution in [0.3, 0.4) is 0 Å². The zero-order chi connectivity index (χ0) is 25.3. The lowest BCUT2D eigenvalue weighted by Crippen LogP contribution is -2.25. The van der Waals surface area contributed by atoms with E-state index in [0.717, 1.165) is 16.7 Å². The molecule has 0 aliphatic heterocycles. The number of ether oxygens (including phenoxy) is 1. The normalized spacial score (nSPS) is 12.4. The summed E-state index contributed by atoms with van der Waals surface area (Å²) in [5.41, 5.74) is 2.74. The molecule has 4 aromatic rings. The predicted molar refractivity (Wildman–Crippen MR) is 139 cm³/mol. The van der Waals surface area contributed by atoms with Crippen molar-refractivity contribution in [2.45, 2.75) is 46.3 Å². The van der Waals surface area contributed by atoms with Gasteiger partial charge in [-0.2, -0.15) is 0 Å². The van der Waals surface area contributed by atoms with Gasteiger partial charge in [0.1, 0.15) is 22.1 Å². The Kier molecular flexibility index (Phi) is 6.68. The zero-order valence-corrected chi connectivity index (χ0v) is 21.1. The topological polar surface area (TPSA) is 81.4 Å². The van der Waals surface area contributed by atoms with Gasteiger partial charge in [-0.3, -0.25) is 4.79 Å². The van der Waals surface area contributed by atoms with E-state index in [2.05, 4.69) is 10.3 Å². The van der Waals surface area contributed by atoms with Crippen molar-refractivity contribution in [3.8, 4) is 11.3 Å². The number of nitrogens with zero attached hydrogens (tertiary/aromatic N) is 1. The standard InChI is InChI=1S/C28H27ClN2O4/c1-16-13-19(26-20(14-16)22(32)15-23(34-26)18-9-7-6-8-10-18)17(2)30-21-11-12-24(29)31-25(21)27(33)35-28(3,4)5/h6-15,17,30H,1-5H3. The van der Waals surface area contributed by atoms with E-state index in [1.165, 1.54) is 6.07 Å². The minimum Gasteiger partial charge on any atom is -0.455 e. The summed E-state index contributed by atoms with van der Waals surface area (Å²) in [6.07, 6.45) is 0. The van der Waals surface area contributed by atoms with Crippen LogP contribution in [0.15, 0.2) is 69.9 Å². The molecule has 1 unspecified atom stereocenters. The Labute approximate surface area is 208 Å². The first-order valence-electron chi connectivity index (χ1n) is 11.3. The molecule has 0 bridgehead atoms. The van der Waals surface area contributed by atoms with Gasteiger partial charge in [0.15, 0.2) is 11.1 Å². The van der Waals surface area contributed by atoms with Crippen molar-refractivity contribution in [1.29, 1.82) is 0 Å². The number of rotatable bonds is 5. The fourth-order valence-corrected chi connectivity index (χ4v) is 3.99. The number of anilines is 1. The molecule has 0 aliphatic rings. The van der Waals surface area contributed by atoms with Crippen LogP contribution in [0.4, 0.5) is 5.69 Å². The van der Waals surface area contributed by atoms with Gasteiger partial charge in [0, 0.05) is 17.2 Å². The van der Waals surface area contributed by atoms with Crippen LogP contribution in [0.1, 0.15) is 55.4 Å². The maximum Gasteiger partial charge on any atom is 0.359 e. The van der Waals surface area contributed by atoms with Gasteiger partial charge in [-0.05, 0) is 58.4 Å². The van der Waals surface area contributed by atoms with Gasteiger partial charge >= 0.3 is 5.97 Å². The van der Waals surface area contributed by atoms with Gasteiger partial charge in [-0.25, -0.2) is 9.78 Å². The van der Waals surface area contributed by atoms with E-state index in [-0.39, 0.29) is 22.3 Å². The number of aryl methyl sites for hydroxylation is 1. The number of esters is 1. The molecule has 2 aromatic carbocycles. The monoisotopic (exact) mass is 490 g/mol. The summed E-state index contributed by atoms with van der Waals surface area (Å²) in [7, 11) is 0. The summed E-state index contributed by atoms with van der Waals surface area (Å²) in [5, 5.41) is 4.01. The van der Waals surface area contributed by atoms with Gasteiger partial charge in [0.2, 0.25) is 0 Å². The summed E-state index contributed by atoms with van der Waals surface area (Å²) >= 11 is 6.08. The highest BCUT2D eigenvalue weighted by molar-refractivity contribution is 6.29. The molecule has 1 N–H and O–H groups in total. The van der Waals surface area contributed by atoms with Crippen molar-refractivity contribution >= 4 is 34.2 Å². The smallest absolute Gasteiger partial charge is 0.359 e. The first-order valence-corrected chi connectivity index (χ1v) is 11.7. The Morgan fingerprint density at radius 1 is 1.09 bits per heavy atom. The van der Waals surface area contributed by atoms with Crippen LogP contribution in [-0.2, 0) is 4.74 Å². The molecule has 0 saturated carbocycles. The maximum absolute atomic E-state index is 13.0. The molecule has 7 heteroatoms. The maximum atomic E-state index is 13.0. The van der Waals surface area contributed by atoms with Crippen LogP contribution in [-0.4, -0.2) is 16.6 Å². The highest BCUT2D eigenvalue weighted by Gasteiger charge is 2.24. The molecule has 0 saturated heterocycles. The van der Waals surface area contributed by atoms with Gasteiger partial charge < -0.3 is 14.5 Å². The molecule has 35 heavy (non-hydrogen) atoms. The molecule has 2 aromatic heterocycles. The van der Waals surface area contributed by atoms with Crippen molar-refractivity contribution in [2.75, 3.05) is 5.32 Å². The Balaban J connectivity index is 1.79. The average Bonchev–Trinajstić information content (AvgIpc) is 2.79. The quantitative estimate of drug-likeness (QED) is 0.241. The Hall–Kier alpha value is -3.64. The lowest BCUT2D eigenvalue weighted by atomic mass is 10.0. The highest BCUT2D eigenvalue weighted by atomic mass is 35.5. The van der Waals surface area contributed by atoms with Gasteiger partial charge in [-0.1, -0.05) is 48.0 Å². The van der Waals surface area contributed by atoms with Crippen LogP contribution in [0.25, 0.3) is 22.3 Å². The van der Waals surface area contributed by atoms with Crippen molar-refractivity contribution in [2.24, 2.45) is 0 Å². The number of benzene rings is 2. The third kappa shape index (κ3) is 5.54. The molecule has 6 nitrogen and oxygen atoms in total. The molecular weight excluding hydrogens is 464 g/mol. The van der Waals surface area contributed by atoms with Crippen molar-refractivity contribution < 1.29 is 13.9 Å². The number of carbonyl (C=O) groups is 1. The predicted octanol–water partition coefficient (Wildman–Crippen LogP) is 6.95. The van der Waals surface area contributed by atoms with Crippen LogP contribution >= 0.6 is 11.6 Å². The Bertz CT molecular complexity index is 1460. The number of aromatic nitrogens is 1. The van der Waals surface area contributed by atoms with Crippen molar-refractivity contribution in [3.63, 3.8) is 0 Å². The minimum atomic E-state index is -0.687. The molecule has 0 amide bonds. The number of pyridine rings is 1. The molecule has 0 radical (unpaired) electrons. The summed E-state index contributed by atoms with van der Waals surface area (Å²) in [6.45, 7) is 9.22. The molecule has 180 valence electrons. The van der Waals surface area contributed by atoms with Crippen LogP contribution in [0.2, 0.25) is 5.15 Å². The second kappa shape index (κ2) is 9.55. The largest absolute Gasteiger partial charge is 0.455 e. The lowest BCUT2D eigenvalue weighted by Gasteiger charge is -2.22.